The summed E-state index contributed by atoms with van der Waals surface area (Å²) in [6, 6.07) is 5.01. The molecule has 2 heterocycles. The highest BCUT2D eigenvalue weighted by molar-refractivity contribution is 5.59. The van der Waals surface area contributed by atoms with E-state index in [0.717, 1.165) is 43.7 Å². The van der Waals surface area contributed by atoms with E-state index in [-0.39, 0.29) is 11.4 Å². The van der Waals surface area contributed by atoms with Gasteiger partial charge in [-0.05, 0) is 43.0 Å². The Kier molecular flexibility index (Phi) is 1.96. The number of fused-ring (bicyclic) bond motifs is 1. The van der Waals surface area contributed by atoms with Gasteiger partial charge in [0.15, 0.2) is 0 Å². The molecule has 0 unspecified atom stereocenters. The second kappa shape index (κ2) is 3.20. The third-order valence-electron chi connectivity index (χ3n) is 3.45. The molecule has 1 aromatic rings. The van der Waals surface area contributed by atoms with Gasteiger partial charge in [-0.25, -0.2) is 4.39 Å². The van der Waals surface area contributed by atoms with E-state index < -0.39 is 0 Å². The Bertz CT molecular complexity index is 385. The third kappa shape index (κ3) is 1.51. The lowest BCUT2D eigenvalue weighted by atomic mass is 9.87. The minimum atomic E-state index is -0.139. The number of nitrogens with one attached hydrogen (secondary N) is 1. The molecule has 0 saturated carbocycles. The molecule has 2 nitrogen and oxygen atoms in total. The van der Waals surface area contributed by atoms with Crippen molar-refractivity contribution in [1.82, 2.24) is 0 Å². The molecule has 1 N–H and O–H groups in total. The lowest BCUT2D eigenvalue weighted by Crippen LogP contribution is -2.41. The fourth-order valence-electron chi connectivity index (χ4n) is 2.59. The van der Waals surface area contributed by atoms with Crippen molar-refractivity contribution in [2.75, 3.05) is 18.5 Å². The topological polar surface area (TPSA) is 21.3 Å². The molecule has 1 fully saturated rings. The average molecular weight is 207 g/mol. The van der Waals surface area contributed by atoms with Crippen LogP contribution in [0.5, 0.6) is 0 Å². The highest BCUT2D eigenvalue weighted by Gasteiger charge is 2.38. The van der Waals surface area contributed by atoms with Crippen molar-refractivity contribution in [2.24, 2.45) is 0 Å². The highest BCUT2D eigenvalue weighted by atomic mass is 19.1. The van der Waals surface area contributed by atoms with Crippen molar-refractivity contribution in [3.05, 3.63) is 29.6 Å². The minimum Gasteiger partial charge on any atom is -0.381 e. The molecule has 15 heavy (non-hydrogen) atoms. The summed E-state index contributed by atoms with van der Waals surface area (Å²) >= 11 is 0. The van der Waals surface area contributed by atoms with Gasteiger partial charge in [-0.1, -0.05) is 0 Å². The number of rotatable bonds is 0. The van der Waals surface area contributed by atoms with Gasteiger partial charge in [0.05, 0.1) is 0 Å². The van der Waals surface area contributed by atoms with E-state index in [0.29, 0.717) is 0 Å². The number of halogens is 1. The number of hydrogen-bond donors (Lipinski definition) is 1. The van der Waals surface area contributed by atoms with Crippen LogP contribution < -0.4 is 5.32 Å². The molecular weight excluding hydrogens is 193 g/mol. The molecule has 0 radical (unpaired) electrons. The van der Waals surface area contributed by atoms with Gasteiger partial charge in [0.1, 0.15) is 5.82 Å². The van der Waals surface area contributed by atoms with E-state index in [9.17, 15) is 4.39 Å². The summed E-state index contributed by atoms with van der Waals surface area (Å²) in [5, 5.41) is 3.53. The summed E-state index contributed by atoms with van der Waals surface area (Å²) in [7, 11) is 0. The van der Waals surface area contributed by atoms with Crippen molar-refractivity contribution in [3.8, 4) is 0 Å². The van der Waals surface area contributed by atoms with Gasteiger partial charge >= 0.3 is 0 Å². The van der Waals surface area contributed by atoms with E-state index in [2.05, 4.69) is 5.32 Å². The molecule has 0 bridgehead atoms. The van der Waals surface area contributed by atoms with Crippen molar-refractivity contribution in [3.63, 3.8) is 0 Å². The molecule has 2 aliphatic heterocycles. The molecular formula is C12H14FNO. The van der Waals surface area contributed by atoms with Crippen LogP contribution in [0.15, 0.2) is 18.2 Å². The first-order valence-electron chi connectivity index (χ1n) is 5.42. The summed E-state index contributed by atoms with van der Waals surface area (Å²) in [6.45, 7) is 1.62. The van der Waals surface area contributed by atoms with E-state index >= 15 is 0 Å². The molecule has 0 aliphatic carbocycles. The maximum Gasteiger partial charge on any atom is 0.123 e. The van der Waals surface area contributed by atoms with Crippen LogP contribution in [-0.4, -0.2) is 18.8 Å². The van der Waals surface area contributed by atoms with Gasteiger partial charge in [-0.2, -0.15) is 0 Å². The van der Waals surface area contributed by atoms with Crippen molar-refractivity contribution >= 4 is 5.69 Å². The van der Waals surface area contributed by atoms with Crippen molar-refractivity contribution in [2.45, 2.75) is 24.8 Å². The number of hydrogen-bond acceptors (Lipinski definition) is 2. The zero-order chi connectivity index (χ0) is 10.3. The third-order valence-corrected chi connectivity index (χ3v) is 3.45. The van der Waals surface area contributed by atoms with Crippen LogP contribution in [0.1, 0.15) is 18.4 Å². The van der Waals surface area contributed by atoms with Gasteiger partial charge < -0.3 is 10.1 Å². The Morgan fingerprint density at radius 1 is 1.27 bits per heavy atom. The molecule has 3 rings (SSSR count). The molecule has 0 aromatic heterocycles. The van der Waals surface area contributed by atoms with Gasteiger partial charge in [0.25, 0.3) is 0 Å². The van der Waals surface area contributed by atoms with E-state index in [1.54, 1.807) is 6.07 Å². The molecule has 0 amide bonds. The largest absolute Gasteiger partial charge is 0.381 e. The van der Waals surface area contributed by atoms with E-state index in [1.807, 2.05) is 6.07 Å². The zero-order valence-corrected chi connectivity index (χ0v) is 8.55. The smallest absolute Gasteiger partial charge is 0.123 e. The average Bonchev–Trinajstić information content (AvgIpc) is 2.56. The van der Waals surface area contributed by atoms with Crippen LogP contribution in [0, 0.1) is 5.82 Å². The Balaban J connectivity index is 1.90. The second-order valence-corrected chi connectivity index (χ2v) is 4.50. The number of ether oxygens (including phenoxy) is 1. The SMILES string of the molecule is Fc1ccc2c(c1)CC1(CCOCC1)N2. The van der Waals surface area contributed by atoms with Gasteiger partial charge in [-0.3, -0.25) is 0 Å². The first kappa shape index (κ1) is 9.16. The summed E-state index contributed by atoms with van der Waals surface area (Å²) in [5.41, 5.74) is 2.34. The normalized spacial score (nSPS) is 22.5. The summed E-state index contributed by atoms with van der Waals surface area (Å²) in [6.07, 6.45) is 2.97. The van der Waals surface area contributed by atoms with Gasteiger partial charge in [0, 0.05) is 24.4 Å². The standard InChI is InChI=1S/C12H14FNO/c13-10-1-2-11-9(7-10)8-12(14-11)3-5-15-6-4-12/h1-2,7,14H,3-6,8H2. The summed E-state index contributed by atoms with van der Waals surface area (Å²) in [4.78, 5) is 0. The lowest BCUT2D eigenvalue weighted by molar-refractivity contribution is 0.0624. The minimum absolute atomic E-state index is 0.133. The van der Waals surface area contributed by atoms with Crippen LogP contribution in [0.4, 0.5) is 10.1 Å². The van der Waals surface area contributed by atoms with Crippen LogP contribution in [0.2, 0.25) is 0 Å². The van der Waals surface area contributed by atoms with Crippen molar-refractivity contribution < 1.29 is 9.13 Å². The fourth-order valence-corrected chi connectivity index (χ4v) is 2.59. The lowest BCUT2D eigenvalue weighted by Gasteiger charge is -2.34. The predicted octanol–water partition coefficient (Wildman–Crippen LogP) is 2.34. The van der Waals surface area contributed by atoms with E-state index in [1.165, 1.54) is 6.07 Å². The quantitative estimate of drug-likeness (QED) is 0.705. The van der Waals surface area contributed by atoms with Crippen LogP contribution in [0.3, 0.4) is 0 Å². The molecule has 80 valence electrons. The zero-order valence-electron chi connectivity index (χ0n) is 8.55. The molecule has 3 heteroatoms. The first-order chi connectivity index (χ1) is 7.27. The number of benzene rings is 1. The maximum absolute atomic E-state index is 13.1. The predicted molar refractivity (Wildman–Crippen MR) is 56.5 cm³/mol. The van der Waals surface area contributed by atoms with Gasteiger partial charge in [-0.15, -0.1) is 0 Å². The fraction of sp³-hybridized carbons (Fsp3) is 0.500. The summed E-state index contributed by atoms with van der Waals surface area (Å²) in [5.74, 6) is -0.139. The van der Waals surface area contributed by atoms with Crippen molar-refractivity contribution in [1.29, 1.82) is 0 Å². The Morgan fingerprint density at radius 3 is 2.87 bits per heavy atom. The van der Waals surface area contributed by atoms with Crippen LogP contribution >= 0.6 is 0 Å². The number of anilines is 1. The van der Waals surface area contributed by atoms with Crippen LogP contribution in [-0.2, 0) is 11.2 Å². The summed E-state index contributed by atoms with van der Waals surface area (Å²) < 4.78 is 18.4. The molecule has 0 atom stereocenters. The Hall–Kier alpha value is -1.09. The first-order valence-corrected chi connectivity index (χ1v) is 5.42. The van der Waals surface area contributed by atoms with Gasteiger partial charge in [0.2, 0.25) is 0 Å². The molecule has 1 saturated heterocycles. The monoisotopic (exact) mass is 207 g/mol. The molecule has 1 aromatic carbocycles. The maximum atomic E-state index is 13.1. The van der Waals surface area contributed by atoms with E-state index in [4.69, 9.17) is 4.74 Å². The van der Waals surface area contributed by atoms with Crippen LogP contribution in [0.25, 0.3) is 0 Å². The highest BCUT2D eigenvalue weighted by Crippen LogP contribution is 2.38. The second-order valence-electron chi connectivity index (χ2n) is 4.50. The molecule has 2 aliphatic rings. The Morgan fingerprint density at radius 2 is 2.07 bits per heavy atom. The Labute approximate surface area is 88.4 Å². The molecule has 1 spiro atoms.